The zero-order chi connectivity index (χ0) is 26.0. The summed E-state index contributed by atoms with van der Waals surface area (Å²) in [6, 6.07) is 19.3. The van der Waals surface area contributed by atoms with Crippen molar-refractivity contribution in [2.24, 2.45) is 17.3 Å². The van der Waals surface area contributed by atoms with Crippen molar-refractivity contribution in [2.75, 3.05) is 6.54 Å². The summed E-state index contributed by atoms with van der Waals surface area (Å²) in [6.07, 6.45) is 0. The van der Waals surface area contributed by atoms with Gasteiger partial charge in [0.25, 0.3) is 0 Å². The van der Waals surface area contributed by atoms with Gasteiger partial charge in [-0.15, -0.1) is 0 Å². The van der Waals surface area contributed by atoms with E-state index < -0.39 is 14.6 Å². The highest BCUT2D eigenvalue weighted by Crippen LogP contribution is 2.50. The first-order valence-electron chi connectivity index (χ1n) is 12.2. The Morgan fingerprint density at radius 3 is 2.11 bits per heavy atom. The molecule has 1 aliphatic heterocycles. The Balaban J connectivity index is 1.94. The van der Waals surface area contributed by atoms with Crippen LogP contribution in [-0.2, 0) is 14.0 Å². The number of benzene rings is 2. The number of carbonyl (C=O) groups is 2. The lowest BCUT2D eigenvalue weighted by Gasteiger charge is -2.60. The summed E-state index contributed by atoms with van der Waals surface area (Å²) < 4.78 is 6.65. The molecule has 1 amide bonds. The highest BCUT2D eigenvalue weighted by atomic mass is 32.2. The third-order valence-electron chi connectivity index (χ3n) is 7.07. The van der Waals surface area contributed by atoms with Crippen molar-refractivity contribution < 1.29 is 14.0 Å². The second kappa shape index (κ2) is 11.1. The van der Waals surface area contributed by atoms with Crippen LogP contribution in [0.4, 0.5) is 0 Å². The zero-order valence-electron chi connectivity index (χ0n) is 21.8. The Kier molecular flexibility index (Phi) is 8.79. The summed E-state index contributed by atoms with van der Waals surface area (Å²) in [4.78, 5) is 30.2. The van der Waals surface area contributed by atoms with Gasteiger partial charge in [-0.2, -0.15) is 0 Å². The molecular weight excluding hydrogens is 491 g/mol. The van der Waals surface area contributed by atoms with Crippen LogP contribution in [0.3, 0.4) is 0 Å². The van der Waals surface area contributed by atoms with Crippen LogP contribution in [0.5, 0.6) is 0 Å². The van der Waals surface area contributed by atoms with E-state index >= 15 is 0 Å². The molecule has 0 radical (unpaired) electrons. The first-order valence-corrected chi connectivity index (χ1v) is 16.2. The highest BCUT2D eigenvalue weighted by Gasteiger charge is 2.62. The number of nitrogens with zero attached hydrogens (tertiary/aromatic N) is 1. The van der Waals surface area contributed by atoms with Gasteiger partial charge in [-0.1, -0.05) is 100 Å². The van der Waals surface area contributed by atoms with Gasteiger partial charge >= 0.3 is 0 Å². The number of thiocarbonyl (C=S) groups is 1. The van der Waals surface area contributed by atoms with Crippen LogP contribution in [0.2, 0.25) is 13.1 Å². The molecule has 7 heteroatoms. The molecule has 2 aromatic rings. The van der Waals surface area contributed by atoms with E-state index in [4.69, 9.17) is 16.6 Å². The third-order valence-corrected chi connectivity index (χ3v) is 9.51. The summed E-state index contributed by atoms with van der Waals surface area (Å²) in [5.74, 6) is -0.501. The molecule has 4 atom stereocenters. The summed E-state index contributed by atoms with van der Waals surface area (Å²) in [7, 11) is -1.47. The maximum atomic E-state index is 13.8. The molecule has 0 unspecified atom stereocenters. The quantitative estimate of drug-likeness (QED) is 0.132. The molecule has 0 bridgehead atoms. The van der Waals surface area contributed by atoms with Gasteiger partial charge in [0.15, 0.2) is 9.04 Å². The van der Waals surface area contributed by atoms with Crippen molar-refractivity contribution in [1.82, 2.24) is 4.90 Å². The average Bonchev–Trinajstić information content (AvgIpc) is 2.79. The number of rotatable bonds is 9. The molecule has 2 aromatic carbocycles. The largest absolute Gasteiger partial charge is 0.414 e. The summed E-state index contributed by atoms with van der Waals surface area (Å²) in [6.45, 7) is 14.9. The van der Waals surface area contributed by atoms with Gasteiger partial charge in [0.05, 0.1) is 24.1 Å². The van der Waals surface area contributed by atoms with Gasteiger partial charge in [0.1, 0.15) is 0 Å². The molecule has 1 fully saturated rings. The maximum absolute atomic E-state index is 13.8. The SMILES string of the molecule is C[C@H](C(=S)c1ccccc1)[C@@H]1[C@@H]([C@@](C)(O[SiH](C)C)C(C)(C)C)C(=O)N1CC(=O)Sc1ccccc1. The Morgan fingerprint density at radius 1 is 1.06 bits per heavy atom. The fourth-order valence-electron chi connectivity index (χ4n) is 4.89. The number of thioether (sulfide) groups is 1. The van der Waals surface area contributed by atoms with Crippen LogP contribution >= 0.6 is 24.0 Å². The lowest BCUT2D eigenvalue weighted by Crippen LogP contribution is -2.74. The number of likely N-dealkylation sites (tertiary alicyclic amines) is 1. The van der Waals surface area contributed by atoms with Crippen molar-refractivity contribution in [1.29, 1.82) is 0 Å². The average molecular weight is 528 g/mol. The summed E-state index contributed by atoms with van der Waals surface area (Å²) >= 11 is 7.10. The molecule has 1 aliphatic rings. The van der Waals surface area contributed by atoms with Gasteiger partial charge in [0, 0.05) is 15.7 Å². The third kappa shape index (κ3) is 5.96. The van der Waals surface area contributed by atoms with Crippen molar-refractivity contribution in [3.63, 3.8) is 0 Å². The zero-order valence-corrected chi connectivity index (χ0v) is 24.6. The van der Waals surface area contributed by atoms with Crippen molar-refractivity contribution in [3.05, 3.63) is 66.2 Å². The minimum absolute atomic E-state index is 0.0215. The van der Waals surface area contributed by atoms with Crippen LogP contribution in [-0.4, -0.2) is 48.0 Å². The predicted molar refractivity (Wildman–Crippen MR) is 151 cm³/mol. The second-order valence-corrected chi connectivity index (χ2v) is 14.7. The molecule has 0 spiro atoms. The van der Waals surface area contributed by atoms with Gasteiger partial charge in [-0.05, 0) is 43.1 Å². The fraction of sp³-hybridized carbons (Fsp3) is 0.464. The molecule has 188 valence electrons. The van der Waals surface area contributed by atoms with Crippen LogP contribution in [0.1, 0.15) is 40.2 Å². The van der Waals surface area contributed by atoms with E-state index in [0.717, 1.165) is 15.3 Å². The number of hydrogen-bond donors (Lipinski definition) is 0. The molecule has 4 nitrogen and oxygen atoms in total. The van der Waals surface area contributed by atoms with Gasteiger partial charge in [-0.3, -0.25) is 9.59 Å². The molecular formula is C28H37NO3S2Si. The van der Waals surface area contributed by atoms with Crippen LogP contribution in [0.15, 0.2) is 65.6 Å². The Morgan fingerprint density at radius 2 is 1.60 bits per heavy atom. The second-order valence-electron chi connectivity index (χ2n) is 10.8. The number of amides is 1. The lowest BCUT2D eigenvalue weighted by atomic mass is 9.61. The van der Waals surface area contributed by atoms with Crippen LogP contribution in [0.25, 0.3) is 0 Å². The summed E-state index contributed by atoms with van der Waals surface area (Å²) in [5.41, 5.74) is 0.0443. The molecule has 0 aliphatic carbocycles. The smallest absolute Gasteiger partial charge is 0.231 e. The molecule has 3 rings (SSSR count). The van der Waals surface area contributed by atoms with Crippen LogP contribution < -0.4 is 0 Å². The number of hydrogen-bond acceptors (Lipinski definition) is 5. The molecule has 1 saturated heterocycles. The highest BCUT2D eigenvalue weighted by molar-refractivity contribution is 8.13. The van der Waals surface area contributed by atoms with Crippen molar-refractivity contribution in [2.45, 2.75) is 64.3 Å². The maximum Gasteiger partial charge on any atom is 0.231 e. The monoisotopic (exact) mass is 527 g/mol. The first-order chi connectivity index (χ1) is 16.4. The molecule has 0 saturated carbocycles. The minimum atomic E-state index is -1.47. The standard InChI is InChI=1S/C28H37NO3S2Si/c1-19(25(33)20-14-10-8-11-15-20)24-23(28(5,27(2,3)4)32-35(6)7)26(31)29(24)18-22(30)34-21-16-12-9-13-17-21/h8-17,19,23-24,35H,18H2,1-7H3/t19-,23+,24+,28+/m0/s1. The van der Waals surface area contributed by atoms with E-state index in [9.17, 15) is 9.59 Å². The predicted octanol–water partition coefficient (Wildman–Crippen LogP) is 5.99. The van der Waals surface area contributed by atoms with Gasteiger partial charge in [-0.25, -0.2) is 0 Å². The van der Waals surface area contributed by atoms with Gasteiger partial charge in [0.2, 0.25) is 11.0 Å². The Labute approximate surface area is 221 Å². The lowest BCUT2D eigenvalue weighted by molar-refractivity contribution is -0.188. The number of β-lactam (4-membered cyclic amide) rings is 1. The van der Waals surface area contributed by atoms with Crippen molar-refractivity contribution >= 4 is 48.9 Å². The first kappa shape index (κ1) is 27.8. The van der Waals surface area contributed by atoms with Crippen molar-refractivity contribution in [3.8, 4) is 0 Å². The fourth-order valence-corrected chi connectivity index (χ4v) is 7.41. The van der Waals surface area contributed by atoms with E-state index in [1.165, 1.54) is 11.8 Å². The van der Waals surface area contributed by atoms with E-state index in [0.29, 0.717) is 0 Å². The van der Waals surface area contributed by atoms with Gasteiger partial charge < -0.3 is 9.33 Å². The Bertz CT molecular complexity index is 1050. The normalized spacial score (nSPS) is 20.8. The molecule has 1 heterocycles. The van der Waals surface area contributed by atoms with Crippen LogP contribution in [0, 0.1) is 17.3 Å². The summed E-state index contributed by atoms with van der Waals surface area (Å²) in [5, 5.41) is -0.0533. The Hall–Kier alpha value is -1.80. The molecule has 0 N–H and O–H groups in total. The molecule has 0 aromatic heterocycles. The minimum Gasteiger partial charge on any atom is -0.414 e. The van der Waals surface area contributed by atoms with E-state index in [2.05, 4.69) is 47.7 Å². The topological polar surface area (TPSA) is 46.6 Å². The number of carbonyl (C=O) groups excluding carboxylic acids is 2. The van der Waals surface area contributed by atoms with E-state index in [1.54, 1.807) is 4.90 Å². The van der Waals surface area contributed by atoms with E-state index in [1.807, 2.05) is 60.7 Å². The molecule has 35 heavy (non-hydrogen) atoms. The van der Waals surface area contributed by atoms with E-state index in [-0.39, 0.29) is 40.9 Å².